The molecule has 1 aromatic carbocycles. The predicted octanol–water partition coefficient (Wildman–Crippen LogP) is 3.92. The van der Waals surface area contributed by atoms with Crippen molar-refractivity contribution >= 4 is 32.8 Å². The van der Waals surface area contributed by atoms with Crippen LogP contribution in [0.25, 0.3) is 11.0 Å². The number of fused-ring (bicyclic) bond motifs is 1. The molecule has 0 radical (unpaired) electrons. The molecule has 3 N–H and O–H groups in total. The molecule has 0 aliphatic heterocycles. The van der Waals surface area contributed by atoms with Gasteiger partial charge in [0.1, 0.15) is 5.82 Å². The second-order valence-electron chi connectivity index (χ2n) is 9.14. The zero-order chi connectivity index (χ0) is 22.5. The fraction of sp³-hybridized carbons (Fsp3) is 0.417. The van der Waals surface area contributed by atoms with Crippen LogP contribution in [0.3, 0.4) is 0 Å². The summed E-state index contributed by atoms with van der Waals surface area (Å²) in [6, 6.07) is 10.7. The Morgan fingerprint density at radius 2 is 1.75 bits per heavy atom. The molecule has 0 bridgehead atoms. The van der Waals surface area contributed by atoms with Crippen LogP contribution in [0.5, 0.6) is 0 Å². The van der Waals surface area contributed by atoms with Crippen molar-refractivity contribution in [3.05, 3.63) is 53.7 Å². The van der Waals surface area contributed by atoms with Crippen LogP contribution in [0.1, 0.15) is 55.6 Å². The standard InChI is InChI=1S/C24H28N4O3S/c1-15-2-10-19(11-3-15)32(30,31)28-13-12-20-21(16-6-8-18(25)9-7-16)14-22(26-23(20)28)27-24(29)17-4-5-17/h2-3,10-14,16-18H,4-9,25H2,1H3,(H,26,27,29). The summed E-state index contributed by atoms with van der Waals surface area (Å²) in [5.41, 5.74) is 8.48. The Balaban J connectivity index is 1.62. The molecule has 3 aromatic rings. The van der Waals surface area contributed by atoms with E-state index in [0.29, 0.717) is 11.5 Å². The fourth-order valence-electron chi connectivity index (χ4n) is 4.54. The van der Waals surface area contributed by atoms with E-state index >= 15 is 0 Å². The van der Waals surface area contributed by atoms with E-state index in [1.807, 2.05) is 19.1 Å². The zero-order valence-corrected chi connectivity index (χ0v) is 18.9. The number of aromatic nitrogens is 2. The molecule has 2 aliphatic carbocycles. The monoisotopic (exact) mass is 452 g/mol. The van der Waals surface area contributed by atoms with Gasteiger partial charge in [0, 0.05) is 23.5 Å². The highest BCUT2D eigenvalue weighted by atomic mass is 32.2. The lowest BCUT2D eigenvalue weighted by Gasteiger charge is -2.27. The van der Waals surface area contributed by atoms with Gasteiger partial charge in [-0.05, 0) is 81.2 Å². The average Bonchev–Trinajstić information content (AvgIpc) is 3.53. The molecule has 2 saturated carbocycles. The van der Waals surface area contributed by atoms with Gasteiger partial charge in [0.15, 0.2) is 5.65 Å². The minimum Gasteiger partial charge on any atom is -0.328 e. The first-order valence-corrected chi connectivity index (χ1v) is 12.7. The van der Waals surface area contributed by atoms with Crippen molar-refractivity contribution in [1.29, 1.82) is 0 Å². The summed E-state index contributed by atoms with van der Waals surface area (Å²) in [5, 5.41) is 3.73. The molecule has 2 aromatic heterocycles. The smallest absolute Gasteiger partial charge is 0.269 e. The molecule has 8 heteroatoms. The van der Waals surface area contributed by atoms with Gasteiger partial charge in [0.25, 0.3) is 10.0 Å². The highest BCUT2D eigenvalue weighted by molar-refractivity contribution is 7.90. The first-order chi connectivity index (χ1) is 15.3. The van der Waals surface area contributed by atoms with E-state index in [4.69, 9.17) is 5.73 Å². The second-order valence-corrected chi connectivity index (χ2v) is 11.0. The van der Waals surface area contributed by atoms with Gasteiger partial charge in [-0.3, -0.25) is 4.79 Å². The van der Waals surface area contributed by atoms with E-state index in [1.165, 1.54) is 3.97 Å². The summed E-state index contributed by atoms with van der Waals surface area (Å²) < 4.78 is 28.1. The molecule has 0 spiro atoms. The lowest BCUT2D eigenvalue weighted by Crippen LogP contribution is -2.26. The molecule has 5 rings (SSSR count). The molecule has 0 unspecified atom stereocenters. The van der Waals surface area contributed by atoms with E-state index in [9.17, 15) is 13.2 Å². The Morgan fingerprint density at radius 1 is 1.06 bits per heavy atom. The molecule has 0 saturated heterocycles. The van der Waals surface area contributed by atoms with Crippen molar-refractivity contribution in [2.24, 2.45) is 11.7 Å². The van der Waals surface area contributed by atoms with Gasteiger partial charge in [-0.25, -0.2) is 17.4 Å². The number of carbonyl (C=O) groups is 1. The summed E-state index contributed by atoms with van der Waals surface area (Å²) in [5.74, 6) is 0.660. The molecule has 0 atom stereocenters. The number of benzene rings is 1. The van der Waals surface area contributed by atoms with Gasteiger partial charge in [-0.1, -0.05) is 17.7 Å². The SMILES string of the molecule is Cc1ccc(S(=O)(=O)n2ccc3c(C4CCC(N)CC4)cc(NC(=O)C4CC4)nc32)cc1. The maximum Gasteiger partial charge on any atom is 0.269 e. The molecular weight excluding hydrogens is 424 g/mol. The largest absolute Gasteiger partial charge is 0.328 e. The second kappa shape index (κ2) is 8.01. The number of nitrogens with two attached hydrogens (primary N) is 1. The molecule has 168 valence electrons. The molecule has 2 fully saturated rings. The number of hydrogen-bond acceptors (Lipinski definition) is 5. The number of amides is 1. The van der Waals surface area contributed by atoms with Crippen LogP contribution in [0.2, 0.25) is 0 Å². The van der Waals surface area contributed by atoms with E-state index in [0.717, 1.165) is 55.0 Å². The fourth-order valence-corrected chi connectivity index (χ4v) is 5.83. The predicted molar refractivity (Wildman–Crippen MR) is 124 cm³/mol. The maximum absolute atomic E-state index is 13.4. The van der Waals surface area contributed by atoms with Crippen LogP contribution in [0.4, 0.5) is 5.82 Å². The van der Waals surface area contributed by atoms with E-state index in [-0.39, 0.29) is 28.7 Å². The van der Waals surface area contributed by atoms with Crippen molar-refractivity contribution in [3.8, 4) is 0 Å². The summed E-state index contributed by atoms with van der Waals surface area (Å²) in [6.45, 7) is 1.92. The third-order valence-corrected chi connectivity index (χ3v) is 8.33. The summed E-state index contributed by atoms with van der Waals surface area (Å²) in [7, 11) is -3.82. The molecule has 32 heavy (non-hydrogen) atoms. The summed E-state index contributed by atoms with van der Waals surface area (Å²) >= 11 is 0. The Hall–Kier alpha value is -2.71. The molecule has 2 aliphatic rings. The number of anilines is 1. The van der Waals surface area contributed by atoms with Crippen molar-refractivity contribution in [3.63, 3.8) is 0 Å². The highest BCUT2D eigenvalue weighted by Gasteiger charge is 2.31. The number of rotatable bonds is 5. The summed E-state index contributed by atoms with van der Waals surface area (Å²) in [4.78, 5) is 17.2. The lowest BCUT2D eigenvalue weighted by molar-refractivity contribution is -0.117. The topological polar surface area (TPSA) is 107 Å². The van der Waals surface area contributed by atoms with Crippen LogP contribution >= 0.6 is 0 Å². The van der Waals surface area contributed by atoms with Crippen LogP contribution < -0.4 is 11.1 Å². The number of pyridine rings is 1. The van der Waals surface area contributed by atoms with Crippen LogP contribution in [-0.2, 0) is 14.8 Å². The zero-order valence-electron chi connectivity index (χ0n) is 18.1. The van der Waals surface area contributed by atoms with Crippen LogP contribution in [-0.4, -0.2) is 29.3 Å². The summed E-state index contributed by atoms with van der Waals surface area (Å²) in [6.07, 6.45) is 7.08. The number of carbonyl (C=O) groups excluding carboxylic acids is 1. The normalized spacial score (nSPS) is 21.6. The Bertz CT molecular complexity index is 1270. The number of hydrogen-bond donors (Lipinski definition) is 2. The molecule has 2 heterocycles. The van der Waals surface area contributed by atoms with Gasteiger partial charge in [-0.15, -0.1) is 0 Å². The van der Waals surface area contributed by atoms with Gasteiger partial charge >= 0.3 is 0 Å². The third kappa shape index (κ3) is 3.93. The Morgan fingerprint density at radius 3 is 2.41 bits per heavy atom. The van der Waals surface area contributed by atoms with Crippen molar-refractivity contribution in [1.82, 2.24) is 8.96 Å². The average molecular weight is 453 g/mol. The lowest BCUT2D eigenvalue weighted by atomic mass is 9.81. The van der Waals surface area contributed by atoms with Gasteiger partial charge in [-0.2, -0.15) is 0 Å². The number of nitrogens with one attached hydrogen (secondary N) is 1. The van der Waals surface area contributed by atoms with Crippen LogP contribution in [0, 0.1) is 12.8 Å². The minimum atomic E-state index is -3.82. The molecule has 7 nitrogen and oxygen atoms in total. The third-order valence-electron chi connectivity index (χ3n) is 6.64. The Kier molecular flexibility index (Phi) is 5.29. The first-order valence-electron chi connectivity index (χ1n) is 11.2. The van der Waals surface area contributed by atoms with Crippen LogP contribution in [0.15, 0.2) is 47.5 Å². The van der Waals surface area contributed by atoms with Gasteiger partial charge in [0.2, 0.25) is 5.91 Å². The maximum atomic E-state index is 13.4. The van der Waals surface area contributed by atoms with Crippen molar-refractivity contribution in [2.45, 2.75) is 62.3 Å². The highest BCUT2D eigenvalue weighted by Crippen LogP contribution is 2.38. The molecule has 1 amide bonds. The van der Waals surface area contributed by atoms with E-state index < -0.39 is 10.0 Å². The minimum absolute atomic E-state index is 0.0340. The van der Waals surface area contributed by atoms with Gasteiger partial charge in [0.05, 0.1) is 4.90 Å². The van der Waals surface area contributed by atoms with E-state index in [2.05, 4.69) is 10.3 Å². The van der Waals surface area contributed by atoms with Gasteiger partial charge < -0.3 is 11.1 Å². The van der Waals surface area contributed by atoms with Crippen molar-refractivity contribution < 1.29 is 13.2 Å². The van der Waals surface area contributed by atoms with E-state index in [1.54, 1.807) is 30.5 Å². The quantitative estimate of drug-likeness (QED) is 0.610. The number of aryl methyl sites for hydroxylation is 1. The Labute approximate surface area is 188 Å². The first kappa shape index (κ1) is 21.2. The van der Waals surface area contributed by atoms with Crippen molar-refractivity contribution in [2.75, 3.05) is 5.32 Å². The number of nitrogens with zero attached hydrogens (tertiary/aromatic N) is 2. The molecular formula is C24H28N4O3S.